The van der Waals surface area contributed by atoms with E-state index in [1.54, 1.807) is 30.5 Å². The Balaban J connectivity index is 2.02. The van der Waals surface area contributed by atoms with Gasteiger partial charge in [-0.05, 0) is 29.8 Å². The van der Waals surface area contributed by atoms with Gasteiger partial charge in [0.2, 0.25) is 0 Å². The molecule has 0 spiro atoms. The number of aromatic hydroxyl groups is 1. The molecule has 88 valence electrons. The van der Waals surface area contributed by atoms with Crippen LogP contribution in [0.4, 0.5) is 5.69 Å². The number of halogens is 2. The molecule has 0 saturated heterocycles. The number of pyridine rings is 1. The average molecular weight is 269 g/mol. The van der Waals surface area contributed by atoms with Crippen LogP contribution in [0.1, 0.15) is 5.56 Å². The summed E-state index contributed by atoms with van der Waals surface area (Å²) >= 11 is 11.5. The molecule has 1 aromatic heterocycles. The van der Waals surface area contributed by atoms with Crippen molar-refractivity contribution in [2.45, 2.75) is 6.54 Å². The molecule has 2 rings (SSSR count). The zero-order valence-electron chi connectivity index (χ0n) is 8.82. The summed E-state index contributed by atoms with van der Waals surface area (Å²) in [6.45, 7) is 0.601. The van der Waals surface area contributed by atoms with Crippen molar-refractivity contribution in [3.63, 3.8) is 0 Å². The van der Waals surface area contributed by atoms with Crippen LogP contribution in [0.25, 0.3) is 0 Å². The molecule has 0 unspecified atom stereocenters. The van der Waals surface area contributed by atoms with E-state index in [1.165, 1.54) is 0 Å². The molecule has 3 nitrogen and oxygen atoms in total. The second-order valence-corrected chi connectivity index (χ2v) is 4.30. The van der Waals surface area contributed by atoms with Crippen molar-refractivity contribution in [3.8, 4) is 5.75 Å². The first-order chi connectivity index (χ1) is 8.15. The molecule has 1 heterocycles. The number of anilines is 1. The van der Waals surface area contributed by atoms with E-state index < -0.39 is 0 Å². The molecular formula is C12H10Cl2N2O. The number of aromatic nitrogens is 1. The van der Waals surface area contributed by atoms with Crippen molar-refractivity contribution < 1.29 is 5.11 Å². The van der Waals surface area contributed by atoms with Crippen molar-refractivity contribution in [1.82, 2.24) is 4.98 Å². The molecule has 0 aliphatic carbocycles. The Kier molecular flexibility index (Phi) is 3.71. The molecule has 0 amide bonds. The van der Waals surface area contributed by atoms with Gasteiger partial charge in [-0.25, -0.2) is 4.98 Å². The van der Waals surface area contributed by atoms with Crippen LogP contribution in [0.3, 0.4) is 0 Å². The highest BCUT2D eigenvalue weighted by Gasteiger charge is 2.00. The van der Waals surface area contributed by atoms with Gasteiger partial charge in [0.15, 0.2) is 0 Å². The molecule has 5 heteroatoms. The van der Waals surface area contributed by atoms with E-state index in [1.807, 2.05) is 6.07 Å². The largest absolute Gasteiger partial charge is 0.506 e. The summed E-state index contributed by atoms with van der Waals surface area (Å²) in [7, 11) is 0. The van der Waals surface area contributed by atoms with E-state index in [0.717, 1.165) is 11.3 Å². The molecule has 0 bridgehead atoms. The lowest BCUT2D eigenvalue weighted by molar-refractivity contribution is 0.475. The molecule has 17 heavy (non-hydrogen) atoms. The number of rotatable bonds is 3. The highest BCUT2D eigenvalue weighted by molar-refractivity contribution is 6.32. The Labute approximate surface area is 109 Å². The average Bonchev–Trinajstić information content (AvgIpc) is 2.33. The number of phenols is 1. The maximum atomic E-state index is 9.28. The number of hydrogen-bond acceptors (Lipinski definition) is 3. The van der Waals surface area contributed by atoms with Crippen LogP contribution in [-0.4, -0.2) is 10.1 Å². The minimum atomic E-state index is 0.0866. The standard InChI is InChI=1S/C12H10Cl2N2O/c13-10-5-8(1-3-11(10)17)6-15-9-2-4-12(14)16-7-9/h1-5,7,15,17H,6H2. The lowest BCUT2D eigenvalue weighted by Gasteiger charge is -2.07. The predicted octanol–water partition coefficient (Wildman–Crippen LogP) is 3.71. The van der Waals surface area contributed by atoms with Gasteiger partial charge < -0.3 is 10.4 Å². The normalized spacial score (nSPS) is 10.2. The molecule has 2 aromatic rings. The summed E-state index contributed by atoms with van der Waals surface area (Å²) in [4.78, 5) is 3.96. The Bertz CT molecular complexity index is 514. The summed E-state index contributed by atoms with van der Waals surface area (Å²) in [6.07, 6.45) is 1.66. The maximum Gasteiger partial charge on any atom is 0.134 e. The van der Waals surface area contributed by atoms with Crippen molar-refractivity contribution in [2.75, 3.05) is 5.32 Å². The highest BCUT2D eigenvalue weighted by atomic mass is 35.5. The van der Waals surface area contributed by atoms with Gasteiger partial charge in [0.25, 0.3) is 0 Å². The van der Waals surface area contributed by atoms with Crippen LogP contribution in [-0.2, 0) is 6.54 Å². The molecule has 0 fully saturated rings. The van der Waals surface area contributed by atoms with Crippen molar-refractivity contribution in [3.05, 3.63) is 52.3 Å². The molecule has 0 saturated carbocycles. The number of phenolic OH excluding ortho intramolecular Hbond substituents is 1. The van der Waals surface area contributed by atoms with Gasteiger partial charge in [0.1, 0.15) is 10.9 Å². The summed E-state index contributed by atoms with van der Waals surface area (Å²) in [5.41, 5.74) is 1.85. The van der Waals surface area contributed by atoms with Crippen molar-refractivity contribution >= 4 is 28.9 Å². The van der Waals surface area contributed by atoms with Gasteiger partial charge in [0, 0.05) is 6.54 Å². The SMILES string of the molecule is Oc1ccc(CNc2ccc(Cl)nc2)cc1Cl. The van der Waals surface area contributed by atoms with Crippen LogP contribution < -0.4 is 5.32 Å². The van der Waals surface area contributed by atoms with E-state index in [2.05, 4.69) is 10.3 Å². The smallest absolute Gasteiger partial charge is 0.134 e. The number of benzene rings is 1. The van der Waals surface area contributed by atoms with Crippen molar-refractivity contribution in [2.24, 2.45) is 0 Å². The lowest BCUT2D eigenvalue weighted by Crippen LogP contribution is -1.99. The third-order valence-electron chi connectivity index (χ3n) is 2.24. The fourth-order valence-corrected chi connectivity index (χ4v) is 1.66. The quantitative estimate of drug-likeness (QED) is 0.835. The molecule has 0 atom stereocenters. The van der Waals surface area contributed by atoms with E-state index in [4.69, 9.17) is 23.2 Å². The number of nitrogens with zero attached hydrogens (tertiary/aromatic N) is 1. The minimum Gasteiger partial charge on any atom is -0.506 e. The van der Waals surface area contributed by atoms with Gasteiger partial charge in [-0.3, -0.25) is 0 Å². The Morgan fingerprint density at radius 3 is 2.65 bits per heavy atom. The Hall–Kier alpha value is -1.45. The Morgan fingerprint density at radius 2 is 2.00 bits per heavy atom. The second-order valence-electron chi connectivity index (χ2n) is 3.51. The number of nitrogens with one attached hydrogen (secondary N) is 1. The van der Waals surface area contributed by atoms with Crippen LogP contribution in [0, 0.1) is 0 Å². The topological polar surface area (TPSA) is 45.1 Å². The number of hydrogen-bond donors (Lipinski definition) is 2. The monoisotopic (exact) mass is 268 g/mol. The fourth-order valence-electron chi connectivity index (χ4n) is 1.34. The minimum absolute atomic E-state index is 0.0866. The van der Waals surface area contributed by atoms with Crippen LogP contribution in [0.2, 0.25) is 10.2 Å². The van der Waals surface area contributed by atoms with Crippen LogP contribution in [0.5, 0.6) is 5.75 Å². The molecule has 0 aliphatic heterocycles. The highest BCUT2D eigenvalue weighted by Crippen LogP contribution is 2.24. The maximum absolute atomic E-state index is 9.28. The molecule has 2 N–H and O–H groups in total. The Morgan fingerprint density at radius 1 is 1.18 bits per heavy atom. The third-order valence-corrected chi connectivity index (χ3v) is 2.76. The van der Waals surface area contributed by atoms with E-state index in [-0.39, 0.29) is 5.75 Å². The van der Waals surface area contributed by atoms with E-state index in [9.17, 15) is 5.11 Å². The fraction of sp³-hybridized carbons (Fsp3) is 0.0833. The first-order valence-electron chi connectivity index (χ1n) is 4.98. The lowest BCUT2D eigenvalue weighted by atomic mass is 10.2. The third kappa shape index (κ3) is 3.25. The zero-order valence-corrected chi connectivity index (χ0v) is 10.3. The summed E-state index contributed by atoms with van der Waals surface area (Å²) in [5.74, 6) is 0.0866. The molecular weight excluding hydrogens is 259 g/mol. The second kappa shape index (κ2) is 5.25. The van der Waals surface area contributed by atoms with Crippen LogP contribution >= 0.6 is 23.2 Å². The van der Waals surface area contributed by atoms with Gasteiger partial charge in [-0.2, -0.15) is 0 Å². The van der Waals surface area contributed by atoms with E-state index in [0.29, 0.717) is 16.7 Å². The van der Waals surface area contributed by atoms with Gasteiger partial charge >= 0.3 is 0 Å². The predicted molar refractivity (Wildman–Crippen MR) is 69.7 cm³/mol. The molecule has 1 aromatic carbocycles. The van der Waals surface area contributed by atoms with Crippen LogP contribution in [0.15, 0.2) is 36.5 Å². The first-order valence-corrected chi connectivity index (χ1v) is 5.73. The van der Waals surface area contributed by atoms with Gasteiger partial charge in [-0.1, -0.05) is 29.3 Å². The molecule has 0 radical (unpaired) electrons. The van der Waals surface area contributed by atoms with Gasteiger partial charge in [0.05, 0.1) is 16.9 Å². The van der Waals surface area contributed by atoms with E-state index >= 15 is 0 Å². The van der Waals surface area contributed by atoms with Crippen molar-refractivity contribution in [1.29, 1.82) is 0 Å². The van der Waals surface area contributed by atoms with Gasteiger partial charge in [-0.15, -0.1) is 0 Å². The summed E-state index contributed by atoms with van der Waals surface area (Å²) in [5, 5.41) is 13.3. The summed E-state index contributed by atoms with van der Waals surface area (Å²) in [6, 6.07) is 8.65. The first kappa shape index (κ1) is 12.0. The molecule has 0 aliphatic rings. The summed E-state index contributed by atoms with van der Waals surface area (Å²) < 4.78 is 0. The zero-order chi connectivity index (χ0) is 12.3.